The lowest BCUT2D eigenvalue weighted by Gasteiger charge is -2.52. The minimum absolute atomic E-state index is 0.0704. The van der Waals surface area contributed by atoms with Gasteiger partial charge >= 0.3 is 0 Å². The van der Waals surface area contributed by atoms with E-state index in [1.54, 1.807) is 24.3 Å². The average Bonchev–Trinajstić information content (AvgIpc) is 2.45. The zero-order chi connectivity index (χ0) is 14.3. The number of ether oxygens (including phenoxy) is 1. The minimum atomic E-state index is -3.53. The Bertz CT molecular complexity index is 585. The molecule has 1 heterocycles. The van der Waals surface area contributed by atoms with Crippen LogP contribution in [0.2, 0.25) is 0 Å². The quantitative estimate of drug-likeness (QED) is 0.863. The number of aryl methyl sites for hydroxylation is 1. The Balaban J connectivity index is 1.75. The van der Waals surface area contributed by atoms with E-state index < -0.39 is 10.0 Å². The van der Waals surface area contributed by atoms with E-state index in [0.717, 1.165) is 18.4 Å². The third-order valence-electron chi connectivity index (χ3n) is 4.30. The van der Waals surface area contributed by atoms with Crippen LogP contribution in [0.25, 0.3) is 0 Å². The maximum absolute atomic E-state index is 12.3. The third-order valence-corrected chi connectivity index (χ3v) is 5.77. The molecule has 1 saturated heterocycles. The summed E-state index contributed by atoms with van der Waals surface area (Å²) in [6.07, 6.45) is 1.96. The number of nitrogens with two attached hydrogens (primary N) is 1. The Morgan fingerprint density at radius 3 is 2.70 bits per heavy atom. The molecule has 110 valence electrons. The van der Waals surface area contributed by atoms with E-state index in [-0.39, 0.29) is 29.0 Å². The van der Waals surface area contributed by atoms with Gasteiger partial charge in [-0.05, 0) is 31.9 Å². The Labute approximate surface area is 119 Å². The highest BCUT2D eigenvalue weighted by Gasteiger charge is 2.51. The van der Waals surface area contributed by atoms with Crippen LogP contribution in [0, 0.1) is 12.8 Å². The summed E-state index contributed by atoms with van der Waals surface area (Å²) in [4.78, 5) is 0.273. The SMILES string of the molecule is Cc1ccc(S(=O)(=O)NC2C(N)C3CCCOC32)cc1. The fourth-order valence-electron chi connectivity index (χ4n) is 3.06. The molecule has 3 rings (SSSR count). The fourth-order valence-corrected chi connectivity index (χ4v) is 4.34. The van der Waals surface area contributed by atoms with Crippen molar-refractivity contribution in [2.24, 2.45) is 11.7 Å². The predicted octanol–water partition coefficient (Wildman–Crippen LogP) is 0.778. The molecule has 0 spiro atoms. The molecule has 1 aromatic rings. The van der Waals surface area contributed by atoms with Crippen molar-refractivity contribution in [3.63, 3.8) is 0 Å². The van der Waals surface area contributed by atoms with Crippen molar-refractivity contribution in [2.75, 3.05) is 6.61 Å². The normalized spacial score (nSPS) is 33.3. The highest BCUT2D eigenvalue weighted by atomic mass is 32.2. The largest absolute Gasteiger partial charge is 0.376 e. The van der Waals surface area contributed by atoms with Gasteiger partial charge in [-0.2, -0.15) is 0 Å². The van der Waals surface area contributed by atoms with Crippen LogP contribution in [0.3, 0.4) is 0 Å². The Kier molecular flexibility index (Phi) is 3.58. The van der Waals surface area contributed by atoms with E-state index >= 15 is 0 Å². The Morgan fingerprint density at radius 1 is 1.30 bits per heavy atom. The molecule has 0 aromatic heterocycles. The van der Waals surface area contributed by atoms with Crippen LogP contribution in [0.4, 0.5) is 0 Å². The first kappa shape index (κ1) is 14.0. The minimum Gasteiger partial charge on any atom is -0.376 e. The standard InChI is InChI=1S/C14H20N2O3S/c1-9-4-6-10(7-5-9)20(17,18)16-13-12(15)11-3-2-8-19-14(11)13/h4-7,11-14,16H,2-3,8,15H2,1H3. The summed E-state index contributed by atoms with van der Waals surface area (Å²) in [5.74, 6) is 0.287. The van der Waals surface area contributed by atoms with Crippen LogP contribution >= 0.6 is 0 Å². The van der Waals surface area contributed by atoms with Crippen molar-refractivity contribution in [1.29, 1.82) is 0 Å². The molecule has 20 heavy (non-hydrogen) atoms. The van der Waals surface area contributed by atoms with E-state index in [1.807, 2.05) is 6.92 Å². The zero-order valence-electron chi connectivity index (χ0n) is 11.5. The first-order valence-electron chi connectivity index (χ1n) is 6.95. The van der Waals surface area contributed by atoms with E-state index in [9.17, 15) is 8.42 Å². The van der Waals surface area contributed by atoms with Gasteiger partial charge in [-0.3, -0.25) is 0 Å². The molecule has 0 radical (unpaired) electrons. The van der Waals surface area contributed by atoms with Crippen molar-refractivity contribution < 1.29 is 13.2 Å². The van der Waals surface area contributed by atoms with Gasteiger partial charge in [-0.1, -0.05) is 17.7 Å². The molecule has 3 N–H and O–H groups in total. The average molecular weight is 296 g/mol. The molecule has 1 aliphatic heterocycles. The molecule has 5 nitrogen and oxygen atoms in total. The van der Waals surface area contributed by atoms with Gasteiger partial charge in [0, 0.05) is 18.6 Å². The summed E-state index contributed by atoms with van der Waals surface area (Å²) in [5.41, 5.74) is 7.11. The lowest BCUT2D eigenvalue weighted by molar-refractivity contribution is -0.114. The van der Waals surface area contributed by atoms with Crippen LogP contribution < -0.4 is 10.5 Å². The summed E-state index contributed by atoms with van der Waals surface area (Å²) >= 11 is 0. The first-order valence-corrected chi connectivity index (χ1v) is 8.43. The molecular weight excluding hydrogens is 276 g/mol. The lowest BCUT2D eigenvalue weighted by Crippen LogP contribution is -2.71. The smallest absolute Gasteiger partial charge is 0.240 e. The van der Waals surface area contributed by atoms with Crippen LogP contribution in [-0.2, 0) is 14.8 Å². The van der Waals surface area contributed by atoms with Crippen molar-refractivity contribution in [3.8, 4) is 0 Å². The molecule has 1 aromatic carbocycles. The maximum Gasteiger partial charge on any atom is 0.240 e. The molecule has 4 unspecified atom stereocenters. The summed E-state index contributed by atoms with van der Waals surface area (Å²) in [7, 11) is -3.53. The van der Waals surface area contributed by atoms with Gasteiger partial charge in [0.1, 0.15) is 0 Å². The van der Waals surface area contributed by atoms with Crippen LogP contribution in [0.5, 0.6) is 0 Å². The lowest BCUT2D eigenvalue weighted by atomic mass is 9.69. The fraction of sp³-hybridized carbons (Fsp3) is 0.571. The van der Waals surface area contributed by atoms with Crippen molar-refractivity contribution >= 4 is 10.0 Å². The van der Waals surface area contributed by atoms with Crippen LogP contribution in [0.1, 0.15) is 18.4 Å². The predicted molar refractivity (Wildman–Crippen MR) is 75.7 cm³/mol. The van der Waals surface area contributed by atoms with Gasteiger partial charge in [0.2, 0.25) is 10.0 Å². The maximum atomic E-state index is 12.3. The Morgan fingerprint density at radius 2 is 2.00 bits per heavy atom. The monoisotopic (exact) mass is 296 g/mol. The second kappa shape index (κ2) is 5.11. The molecular formula is C14H20N2O3S. The Hall–Kier alpha value is -0.950. The highest BCUT2D eigenvalue weighted by Crippen LogP contribution is 2.37. The molecule has 0 bridgehead atoms. The molecule has 4 atom stereocenters. The van der Waals surface area contributed by atoms with E-state index in [1.165, 1.54) is 0 Å². The molecule has 2 fully saturated rings. The van der Waals surface area contributed by atoms with Crippen LogP contribution in [0.15, 0.2) is 29.2 Å². The molecule has 1 aliphatic carbocycles. The van der Waals surface area contributed by atoms with E-state index in [2.05, 4.69) is 4.72 Å². The number of rotatable bonds is 3. The van der Waals surface area contributed by atoms with Gasteiger partial charge in [-0.15, -0.1) is 0 Å². The second-order valence-electron chi connectivity index (χ2n) is 5.68. The van der Waals surface area contributed by atoms with E-state index in [4.69, 9.17) is 10.5 Å². The first-order chi connectivity index (χ1) is 9.49. The number of benzene rings is 1. The molecule has 0 amide bonds. The van der Waals surface area contributed by atoms with Crippen molar-refractivity contribution in [1.82, 2.24) is 4.72 Å². The van der Waals surface area contributed by atoms with E-state index in [0.29, 0.717) is 6.61 Å². The van der Waals surface area contributed by atoms with Gasteiger partial charge in [-0.25, -0.2) is 13.1 Å². The molecule has 1 saturated carbocycles. The highest BCUT2D eigenvalue weighted by molar-refractivity contribution is 7.89. The van der Waals surface area contributed by atoms with Gasteiger partial charge in [0.15, 0.2) is 0 Å². The third kappa shape index (κ3) is 2.37. The number of nitrogens with one attached hydrogen (secondary N) is 1. The summed E-state index contributed by atoms with van der Waals surface area (Å²) in [6, 6.07) is 6.33. The van der Waals surface area contributed by atoms with Gasteiger partial charge in [0.05, 0.1) is 17.0 Å². The van der Waals surface area contributed by atoms with Crippen LogP contribution in [-0.4, -0.2) is 33.2 Å². The zero-order valence-corrected chi connectivity index (χ0v) is 12.3. The van der Waals surface area contributed by atoms with Gasteiger partial charge < -0.3 is 10.5 Å². The number of fused-ring (bicyclic) bond motifs is 1. The van der Waals surface area contributed by atoms with Crippen molar-refractivity contribution in [2.45, 2.75) is 42.8 Å². The number of sulfonamides is 1. The summed E-state index contributed by atoms with van der Waals surface area (Å²) in [5, 5.41) is 0. The summed E-state index contributed by atoms with van der Waals surface area (Å²) in [6.45, 7) is 2.61. The number of hydrogen-bond acceptors (Lipinski definition) is 4. The summed E-state index contributed by atoms with van der Waals surface area (Å²) < 4.78 is 33.0. The second-order valence-corrected chi connectivity index (χ2v) is 7.39. The van der Waals surface area contributed by atoms with Gasteiger partial charge in [0.25, 0.3) is 0 Å². The topological polar surface area (TPSA) is 81.4 Å². The molecule has 6 heteroatoms. The number of hydrogen-bond donors (Lipinski definition) is 2. The molecule has 2 aliphatic rings. The van der Waals surface area contributed by atoms with Crippen molar-refractivity contribution in [3.05, 3.63) is 29.8 Å².